The first kappa shape index (κ1) is 21.1. The molecule has 0 unspecified atom stereocenters. The number of hydrogen-bond donors (Lipinski definition) is 1. The first-order chi connectivity index (χ1) is 12.7. The molecule has 144 valence electrons. The highest BCUT2D eigenvalue weighted by atomic mass is 35.5. The molecular weight excluding hydrogens is 390 g/mol. The fraction of sp³-hybridized carbons (Fsp3) is 0.263. The van der Waals surface area contributed by atoms with Crippen molar-refractivity contribution in [2.45, 2.75) is 31.3 Å². The summed E-state index contributed by atoms with van der Waals surface area (Å²) >= 11 is 5.77. The van der Waals surface area contributed by atoms with Gasteiger partial charge in [0.25, 0.3) is 0 Å². The number of Topliss-reactive ketones (excluding diaryl/α,β-unsaturated/α-hetero) is 1. The number of carbonyl (C=O) groups is 2. The van der Waals surface area contributed by atoms with Gasteiger partial charge in [-0.05, 0) is 50.2 Å². The van der Waals surface area contributed by atoms with Crippen molar-refractivity contribution in [1.29, 1.82) is 0 Å². The van der Waals surface area contributed by atoms with Gasteiger partial charge in [0.1, 0.15) is 0 Å². The molecule has 2 rings (SSSR count). The highest BCUT2D eigenvalue weighted by Gasteiger charge is 2.20. The van der Waals surface area contributed by atoms with E-state index in [1.54, 1.807) is 36.4 Å². The number of hydrogen-bond acceptors (Lipinski definition) is 5. The summed E-state index contributed by atoms with van der Waals surface area (Å²) in [5, 5.41) is 0.497. The SMILES string of the molecule is Cc1ccc(S(=O)(=O)NCCC(=O)O[C@@H](C)C(=O)c2ccc(Cl)cc2)cc1. The minimum Gasteiger partial charge on any atom is -0.454 e. The van der Waals surface area contributed by atoms with E-state index in [2.05, 4.69) is 4.72 Å². The Labute approximate surface area is 163 Å². The van der Waals surface area contributed by atoms with E-state index >= 15 is 0 Å². The Kier molecular flexibility index (Phi) is 7.12. The van der Waals surface area contributed by atoms with E-state index in [0.717, 1.165) is 5.56 Å². The molecule has 0 aromatic heterocycles. The fourth-order valence-electron chi connectivity index (χ4n) is 2.25. The minimum absolute atomic E-state index is 0.118. The maximum Gasteiger partial charge on any atom is 0.307 e. The maximum atomic E-state index is 12.2. The van der Waals surface area contributed by atoms with E-state index in [0.29, 0.717) is 10.6 Å². The molecular formula is C19H20ClNO5S. The van der Waals surface area contributed by atoms with Gasteiger partial charge in [0, 0.05) is 17.1 Å². The lowest BCUT2D eigenvalue weighted by Gasteiger charge is -2.13. The Hall–Kier alpha value is -2.22. The molecule has 0 aliphatic carbocycles. The summed E-state index contributed by atoms with van der Waals surface area (Å²) in [6, 6.07) is 12.6. The van der Waals surface area contributed by atoms with E-state index in [4.69, 9.17) is 16.3 Å². The van der Waals surface area contributed by atoms with Crippen LogP contribution in [-0.4, -0.2) is 32.8 Å². The number of aryl methyl sites for hydroxylation is 1. The average molecular weight is 410 g/mol. The van der Waals surface area contributed by atoms with E-state index in [-0.39, 0.29) is 23.6 Å². The van der Waals surface area contributed by atoms with Gasteiger partial charge in [-0.1, -0.05) is 29.3 Å². The van der Waals surface area contributed by atoms with Crippen LogP contribution in [0.3, 0.4) is 0 Å². The Morgan fingerprint density at radius 3 is 2.26 bits per heavy atom. The third-order valence-corrected chi connectivity index (χ3v) is 5.49. The van der Waals surface area contributed by atoms with Gasteiger partial charge >= 0.3 is 5.97 Å². The van der Waals surface area contributed by atoms with Crippen LogP contribution in [-0.2, 0) is 19.6 Å². The first-order valence-electron chi connectivity index (χ1n) is 8.24. The molecule has 2 aromatic carbocycles. The molecule has 0 aliphatic rings. The molecule has 0 spiro atoms. The Morgan fingerprint density at radius 2 is 1.67 bits per heavy atom. The zero-order chi connectivity index (χ0) is 20.0. The van der Waals surface area contributed by atoms with Gasteiger partial charge < -0.3 is 4.74 Å². The number of ketones is 1. The molecule has 0 heterocycles. The molecule has 1 N–H and O–H groups in total. The minimum atomic E-state index is -3.70. The number of benzene rings is 2. The van der Waals surface area contributed by atoms with Crippen molar-refractivity contribution in [2.75, 3.05) is 6.54 Å². The van der Waals surface area contributed by atoms with Crippen LogP contribution < -0.4 is 4.72 Å². The second-order valence-electron chi connectivity index (χ2n) is 5.96. The summed E-state index contributed by atoms with van der Waals surface area (Å²) in [6.45, 7) is 3.19. The van der Waals surface area contributed by atoms with Crippen LogP contribution in [0.25, 0.3) is 0 Å². The molecule has 2 aromatic rings. The predicted molar refractivity (Wildman–Crippen MR) is 102 cm³/mol. The zero-order valence-corrected chi connectivity index (χ0v) is 16.5. The average Bonchev–Trinajstić information content (AvgIpc) is 2.62. The highest BCUT2D eigenvalue weighted by Crippen LogP contribution is 2.13. The quantitative estimate of drug-likeness (QED) is 0.534. The lowest BCUT2D eigenvalue weighted by Crippen LogP contribution is -2.29. The monoisotopic (exact) mass is 409 g/mol. The van der Waals surface area contributed by atoms with E-state index in [9.17, 15) is 18.0 Å². The summed E-state index contributed by atoms with van der Waals surface area (Å²) in [5.41, 5.74) is 1.32. The molecule has 1 atom stereocenters. The van der Waals surface area contributed by atoms with Crippen LogP contribution in [0.5, 0.6) is 0 Å². The van der Waals surface area contributed by atoms with Crippen LogP contribution >= 0.6 is 11.6 Å². The van der Waals surface area contributed by atoms with Gasteiger partial charge in [0.15, 0.2) is 6.10 Å². The van der Waals surface area contributed by atoms with Crippen LogP contribution in [0, 0.1) is 6.92 Å². The molecule has 27 heavy (non-hydrogen) atoms. The first-order valence-corrected chi connectivity index (χ1v) is 10.1. The number of carbonyl (C=O) groups excluding carboxylic acids is 2. The molecule has 0 saturated carbocycles. The van der Waals surface area contributed by atoms with Crippen molar-refractivity contribution in [3.8, 4) is 0 Å². The third-order valence-electron chi connectivity index (χ3n) is 3.76. The van der Waals surface area contributed by atoms with Gasteiger partial charge in [-0.3, -0.25) is 9.59 Å². The number of rotatable bonds is 8. The standard InChI is InChI=1S/C19H20ClNO5S/c1-13-3-9-17(10-4-13)27(24,25)21-12-11-18(22)26-14(2)19(23)15-5-7-16(20)8-6-15/h3-10,14,21H,11-12H2,1-2H3/t14-/m0/s1. The Bertz CT molecular complexity index is 908. The van der Waals surface area contributed by atoms with E-state index < -0.39 is 22.1 Å². The third kappa shape index (κ3) is 6.16. The predicted octanol–water partition coefficient (Wildman–Crippen LogP) is 3.13. The molecule has 0 aliphatic heterocycles. The molecule has 8 heteroatoms. The van der Waals surface area contributed by atoms with Crippen LogP contribution in [0.4, 0.5) is 0 Å². The number of esters is 1. The smallest absolute Gasteiger partial charge is 0.307 e. The Morgan fingerprint density at radius 1 is 1.07 bits per heavy atom. The van der Waals surface area contributed by atoms with Crippen molar-refractivity contribution >= 4 is 33.4 Å². The van der Waals surface area contributed by atoms with Gasteiger partial charge in [0.05, 0.1) is 11.3 Å². The number of ether oxygens (including phenoxy) is 1. The molecule has 0 saturated heterocycles. The zero-order valence-electron chi connectivity index (χ0n) is 14.9. The normalized spacial score (nSPS) is 12.4. The van der Waals surface area contributed by atoms with Gasteiger partial charge in [-0.15, -0.1) is 0 Å². The molecule has 0 fully saturated rings. The lowest BCUT2D eigenvalue weighted by atomic mass is 10.1. The van der Waals surface area contributed by atoms with Crippen molar-refractivity contribution < 1.29 is 22.7 Å². The van der Waals surface area contributed by atoms with Gasteiger partial charge in [0.2, 0.25) is 15.8 Å². The lowest BCUT2D eigenvalue weighted by molar-refractivity contribution is -0.146. The van der Waals surface area contributed by atoms with Crippen molar-refractivity contribution in [2.24, 2.45) is 0 Å². The highest BCUT2D eigenvalue weighted by molar-refractivity contribution is 7.89. The summed E-state index contributed by atoms with van der Waals surface area (Å²) in [6.07, 6.45) is -1.17. The molecule has 0 bridgehead atoms. The summed E-state index contributed by atoms with van der Waals surface area (Å²) in [7, 11) is -3.70. The van der Waals surface area contributed by atoms with Crippen LogP contribution in [0.15, 0.2) is 53.4 Å². The molecule has 0 amide bonds. The number of sulfonamides is 1. The maximum absolute atomic E-state index is 12.2. The second kappa shape index (κ2) is 9.12. The molecule has 6 nitrogen and oxygen atoms in total. The van der Waals surface area contributed by atoms with Gasteiger partial charge in [-0.25, -0.2) is 13.1 Å². The topological polar surface area (TPSA) is 89.5 Å². The van der Waals surface area contributed by atoms with E-state index in [1.807, 2.05) is 6.92 Å². The van der Waals surface area contributed by atoms with Gasteiger partial charge in [-0.2, -0.15) is 0 Å². The summed E-state index contributed by atoms with van der Waals surface area (Å²) in [5.74, 6) is -1.03. The second-order valence-corrected chi connectivity index (χ2v) is 8.17. The summed E-state index contributed by atoms with van der Waals surface area (Å²) < 4.78 is 31.7. The van der Waals surface area contributed by atoms with Crippen molar-refractivity contribution in [1.82, 2.24) is 4.72 Å². The fourth-order valence-corrected chi connectivity index (χ4v) is 3.40. The number of nitrogens with one attached hydrogen (secondary N) is 1. The summed E-state index contributed by atoms with van der Waals surface area (Å²) in [4.78, 5) is 24.2. The number of halogens is 1. The molecule has 0 radical (unpaired) electrons. The van der Waals surface area contributed by atoms with Crippen molar-refractivity contribution in [3.05, 3.63) is 64.7 Å². The largest absolute Gasteiger partial charge is 0.454 e. The van der Waals surface area contributed by atoms with Crippen molar-refractivity contribution in [3.63, 3.8) is 0 Å². The Balaban J connectivity index is 1.84. The van der Waals surface area contributed by atoms with E-state index in [1.165, 1.54) is 19.1 Å². The van der Waals surface area contributed by atoms with Crippen LogP contribution in [0.2, 0.25) is 5.02 Å². The van der Waals surface area contributed by atoms with Crippen LogP contribution in [0.1, 0.15) is 29.3 Å².